The van der Waals surface area contributed by atoms with Crippen LogP contribution in [-0.2, 0) is 11.2 Å². The topological polar surface area (TPSA) is 84.0 Å². The minimum absolute atomic E-state index is 0.141. The summed E-state index contributed by atoms with van der Waals surface area (Å²) in [6.45, 7) is 6.52. The van der Waals surface area contributed by atoms with E-state index in [2.05, 4.69) is 20.6 Å². The van der Waals surface area contributed by atoms with E-state index in [1.165, 1.54) is 0 Å². The van der Waals surface area contributed by atoms with E-state index in [9.17, 15) is 9.59 Å². The van der Waals surface area contributed by atoms with Crippen molar-refractivity contribution in [2.45, 2.75) is 46.1 Å². The molecule has 0 fully saturated rings. The monoisotopic (exact) mass is 450 g/mol. The Labute approximate surface area is 193 Å². The Morgan fingerprint density at radius 1 is 1.09 bits per heavy atom. The average molecular weight is 451 g/mol. The summed E-state index contributed by atoms with van der Waals surface area (Å²) in [5, 5.41) is 8.99. The fourth-order valence-electron chi connectivity index (χ4n) is 3.42. The molecule has 1 aromatic carbocycles. The number of rotatable bonds is 10. The standard InChI is InChI=1S/C25H30N4O2S/c1-17(2)15-21(29-24(30)20-8-5-4-7-18(20)3)25(31)27-12-6-9-23-28-22(16-32-23)19-10-13-26-14-11-19/h4-5,7-8,10-11,13-14,16-17,21H,6,9,12,15H2,1-3H3,(H,27,31)(H,29,30). The molecular weight excluding hydrogens is 420 g/mol. The van der Waals surface area contributed by atoms with Gasteiger partial charge in [-0.15, -0.1) is 11.3 Å². The van der Waals surface area contributed by atoms with E-state index in [0.717, 1.165) is 34.7 Å². The largest absolute Gasteiger partial charge is 0.354 e. The zero-order valence-electron chi connectivity index (χ0n) is 18.8. The van der Waals surface area contributed by atoms with Crippen LogP contribution >= 0.6 is 11.3 Å². The van der Waals surface area contributed by atoms with Crippen LogP contribution in [0.3, 0.4) is 0 Å². The van der Waals surface area contributed by atoms with E-state index in [-0.39, 0.29) is 17.7 Å². The molecule has 3 rings (SSSR count). The first-order chi connectivity index (χ1) is 15.4. The summed E-state index contributed by atoms with van der Waals surface area (Å²) < 4.78 is 0. The Kier molecular flexibility index (Phi) is 8.50. The predicted octanol–water partition coefficient (Wildman–Crippen LogP) is 4.41. The molecule has 1 atom stereocenters. The lowest BCUT2D eigenvalue weighted by Crippen LogP contribution is -2.47. The van der Waals surface area contributed by atoms with E-state index in [0.29, 0.717) is 18.5 Å². The highest BCUT2D eigenvalue weighted by molar-refractivity contribution is 7.09. The van der Waals surface area contributed by atoms with E-state index in [1.54, 1.807) is 29.8 Å². The Bertz CT molecular complexity index is 1030. The average Bonchev–Trinajstić information content (AvgIpc) is 3.25. The highest BCUT2D eigenvalue weighted by atomic mass is 32.1. The Morgan fingerprint density at radius 2 is 1.84 bits per heavy atom. The Balaban J connectivity index is 1.50. The van der Waals surface area contributed by atoms with Gasteiger partial charge in [-0.3, -0.25) is 14.6 Å². The number of carbonyl (C=O) groups is 2. The number of carbonyl (C=O) groups excluding carboxylic acids is 2. The summed E-state index contributed by atoms with van der Waals surface area (Å²) >= 11 is 1.62. The lowest BCUT2D eigenvalue weighted by molar-refractivity contribution is -0.123. The SMILES string of the molecule is Cc1ccccc1C(=O)NC(CC(C)C)C(=O)NCCCc1nc(-c2ccncc2)cs1. The van der Waals surface area contributed by atoms with Gasteiger partial charge in [0.25, 0.3) is 5.91 Å². The fraction of sp³-hybridized carbons (Fsp3) is 0.360. The van der Waals surface area contributed by atoms with Crippen LogP contribution in [0, 0.1) is 12.8 Å². The summed E-state index contributed by atoms with van der Waals surface area (Å²) in [5.41, 5.74) is 3.50. The molecule has 0 aliphatic rings. The van der Waals surface area contributed by atoms with Crippen LogP contribution in [0.5, 0.6) is 0 Å². The molecule has 168 valence electrons. The van der Waals surface area contributed by atoms with Crippen molar-refractivity contribution in [1.29, 1.82) is 0 Å². The molecule has 2 aromatic heterocycles. The van der Waals surface area contributed by atoms with Crippen LogP contribution in [0.15, 0.2) is 54.2 Å². The maximum absolute atomic E-state index is 12.8. The second kappa shape index (κ2) is 11.5. The Morgan fingerprint density at radius 3 is 2.56 bits per heavy atom. The molecular formula is C25H30N4O2S. The van der Waals surface area contributed by atoms with Crippen molar-refractivity contribution in [2.24, 2.45) is 5.92 Å². The van der Waals surface area contributed by atoms with Crippen molar-refractivity contribution in [1.82, 2.24) is 20.6 Å². The van der Waals surface area contributed by atoms with Gasteiger partial charge >= 0.3 is 0 Å². The van der Waals surface area contributed by atoms with Crippen molar-refractivity contribution in [3.63, 3.8) is 0 Å². The van der Waals surface area contributed by atoms with Crippen LogP contribution in [0.1, 0.15) is 47.6 Å². The van der Waals surface area contributed by atoms with E-state index < -0.39 is 6.04 Å². The van der Waals surface area contributed by atoms with Gasteiger partial charge in [0, 0.05) is 41.9 Å². The van der Waals surface area contributed by atoms with Crippen LogP contribution in [0.4, 0.5) is 0 Å². The molecule has 3 aromatic rings. The van der Waals surface area contributed by atoms with E-state index in [4.69, 9.17) is 0 Å². The number of benzene rings is 1. The Hall–Kier alpha value is -3.06. The summed E-state index contributed by atoms with van der Waals surface area (Å²) in [4.78, 5) is 34.2. The van der Waals surface area contributed by atoms with Gasteiger partial charge < -0.3 is 10.6 Å². The van der Waals surface area contributed by atoms with Gasteiger partial charge in [0.05, 0.1) is 10.7 Å². The molecule has 2 heterocycles. The molecule has 7 heteroatoms. The molecule has 6 nitrogen and oxygen atoms in total. The number of hydrogen-bond acceptors (Lipinski definition) is 5. The highest BCUT2D eigenvalue weighted by Crippen LogP contribution is 2.21. The molecule has 0 aliphatic carbocycles. The summed E-state index contributed by atoms with van der Waals surface area (Å²) in [6, 6.07) is 10.7. The molecule has 2 N–H and O–H groups in total. The number of nitrogens with one attached hydrogen (secondary N) is 2. The lowest BCUT2D eigenvalue weighted by Gasteiger charge is -2.20. The molecule has 2 amide bonds. The van der Waals surface area contributed by atoms with Gasteiger partial charge in [0.15, 0.2) is 0 Å². The third-order valence-electron chi connectivity index (χ3n) is 5.11. The van der Waals surface area contributed by atoms with Gasteiger partial charge in [0.2, 0.25) is 5.91 Å². The first-order valence-electron chi connectivity index (χ1n) is 10.9. The maximum Gasteiger partial charge on any atom is 0.252 e. The third kappa shape index (κ3) is 6.72. The number of pyridine rings is 1. The van der Waals surface area contributed by atoms with E-state index >= 15 is 0 Å². The smallest absolute Gasteiger partial charge is 0.252 e. The highest BCUT2D eigenvalue weighted by Gasteiger charge is 2.22. The van der Waals surface area contributed by atoms with Gasteiger partial charge in [-0.1, -0.05) is 32.0 Å². The normalized spacial score (nSPS) is 11.9. The zero-order chi connectivity index (χ0) is 22.9. The fourth-order valence-corrected chi connectivity index (χ4v) is 4.27. The van der Waals surface area contributed by atoms with Crippen molar-refractivity contribution in [3.8, 4) is 11.3 Å². The van der Waals surface area contributed by atoms with Gasteiger partial charge in [-0.2, -0.15) is 0 Å². The van der Waals surface area contributed by atoms with Crippen molar-refractivity contribution < 1.29 is 9.59 Å². The minimum Gasteiger partial charge on any atom is -0.354 e. The minimum atomic E-state index is -0.555. The summed E-state index contributed by atoms with van der Waals surface area (Å²) in [5.74, 6) is -0.0718. The first kappa shape index (κ1) is 23.6. The molecule has 0 spiro atoms. The van der Waals surface area contributed by atoms with Crippen molar-refractivity contribution in [2.75, 3.05) is 6.54 Å². The second-order valence-electron chi connectivity index (χ2n) is 8.23. The quantitative estimate of drug-likeness (QED) is 0.448. The maximum atomic E-state index is 12.8. The van der Waals surface area contributed by atoms with E-state index in [1.807, 2.05) is 56.5 Å². The molecule has 1 unspecified atom stereocenters. The van der Waals surface area contributed by atoms with Crippen LogP contribution in [0.2, 0.25) is 0 Å². The van der Waals surface area contributed by atoms with Crippen LogP contribution < -0.4 is 10.6 Å². The molecule has 0 saturated carbocycles. The molecule has 0 radical (unpaired) electrons. The number of aryl methyl sites for hydroxylation is 2. The molecule has 0 saturated heterocycles. The molecule has 0 aliphatic heterocycles. The predicted molar refractivity (Wildman–Crippen MR) is 129 cm³/mol. The second-order valence-corrected chi connectivity index (χ2v) is 9.17. The number of aromatic nitrogens is 2. The van der Waals surface area contributed by atoms with Crippen molar-refractivity contribution in [3.05, 3.63) is 70.3 Å². The van der Waals surface area contributed by atoms with Gasteiger partial charge in [-0.25, -0.2) is 4.98 Å². The van der Waals surface area contributed by atoms with Gasteiger partial charge in [0.1, 0.15) is 6.04 Å². The van der Waals surface area contributed by atoms with Crippen LogP contribution in [0.25, 0.3) is 11.3 Å². The molecule has 0 bridgehead atoms. The number of amides is 2. The van der Waals surface area contributed by atoms with Crippen LogP contribution in [-0.4, -0.2) is 34.4 Å². The zero-order valence-corrected chi connectivity index (χ0v) is 19.6. The first-order valence-corrected chi connectivity index (χ1v) is 11.8. The summed E-state index contributed by atoms with van der Waals surface area (Å²) in [6.07, 6.45) is 5.69. The number of nitrogens with zero attached hydrogens (tertiary/aromatic N) is 2. The molecule has 32 heavy (non-hydrogen) atoms. The number of thiazole rings is 1. The lowest BCUT2D eigenvalue weighted by atomic mass is 10.0. The number of hydrogen-bond donors (Lipinski definition) is 2. The summed E-state index contributed by atoms with van der Waals surface area (Å²) in [7, 11) is 0. The van der Waals surface area contributed by atoms with Gasteiger partial charge in [-0.05, 0) is 49.4 Å². The third-order valence-corrected chi connectivity index (χ3v) is 6.02. The van der Waals surface area contributed by atoms with Crippen molar-refractivity contribution >= 4 is 23.2 Å².